The number of nitro groups is 1. The molecule has 0 N–H and O–H groups in total. The van der Waals surface area contributed by atoms with Crippen molar-refractivity contribution in [3.63, 3.8) is 0 Å². The second-order valence-electron chi connectivity index (χ2n) is 6.64. The highest BCUT2D eigenvalue weighted by atomic mass is 32.2. The van der Waals surface area contributed by atoms with Crippen molar-refractivity contribution in [2.45, 2.75) is 4.90 Å². The lowest BCUT2D eigenvalue weighted by atomic mass is 10.1. The van der Waals surface area contributed by atoms with Gasteiger partial charge >= 0.3 is 16.1 Å². The maximum atomic E-state index is 13.1. The minimum absolute atomic E-state index is 0.0443. The van der Waals surface area contributed by atoms with Crippen LogP contribution in [0.3, 0.4) is 0 Å². The summed E-state index contributed by atoms with van der Waals surface area (Å²) < 4.78 is 48.9. The molecule has 3 aromatic rings. The summed E-state index contributed by atoms with van der Waals surface area (Å²) in [5, 5.41) is 11.2. The van der Waals surface area contributed by atoms with E-state index >= 15 is 0 Å². The van der Waals surface area contributed by atoms with Crippen LogP contribution in [0.2, 0.25) is 0 Å². The molecule has 0 spiro atoms. The Morgan fingerprint density at radius 2 is 1.67 bits per heavy atom. The topological polar surface area (TPSA) is 125 Å². The van der Waals surface area contributed by atoms with Gasteiger partial charge in [-0.3, -0.25) is 10.1 Å². The van der Waals surface area contributed by atoms with Crippen LogP contribution < -0.4 is 4.18 Å². The number of carbonyl (C=O) groups is 1. The molecule has 0 saturated heterocycles. The molecule has 1 heterocycles. The first kappa shape index (κ1) is 21.8. The van der Waals surface area contributed by atoms with Crippen LogP contribution in [0.5, 0.6) is 5.75 Å². The monoisotopic (exact) mass is 468 g/mol. The first-order valence-electron chi connectivity index (χ1n) is 9.30. The van der Waals surface area contributed by atoms with Gasteiger partial charge in [0, 0.05) is 17.2 Å². The number of halogens is 1. The minimum Gasteiger partial charge on any atom is -0.402 e. The average Bonchev–Trinajstić information content (AvgIpc) is 3.15. The molecule has 0 amide bonds. The summed E-state index contributed by atoms with van der Waals surface area (Å²) in [6.45, 7) is 0. The molecule has 33 heavy (non-hydrogen) atoms. The SMILES string of the molecule is O=C1OC(c2ccc(F)cc2)=N/C1=C/c1ccccc1OS(=O)(=O)c1ccccc1[N+](=O)[O-]. The van der Waals surface area contributed by atoms with E-state index in [1.807, 2.05) is 0 Å². The maximum absolute atomic E-state index is 13.1. The normalized spacial score (nSPS) is 14.6. The molecule has 0 radical (unpaired) electrons. The van der Waals surface area contributed by atoms with Gasteiger partial charge < -0.3 is 8.92 Å². The smallest absolute Gasteiger partial charge is 0.363 e. The molecule has 3 aromatic carbocycles. The highest BCUT2D eigenvalue weighted by Gasteiger charge is 2.29. The van der Waals surface area contributed by atoms with Crippen molar-refractivity contribution in [2.75, 3.05) is 0 Å². The van der Waals surface area contributed by atoms with Crippen LogP contribution in [0.1, 0.15) is 11.1 Å². The molecular formula is C22H13FN2O7S. The largest absolute Gasteiger partial charge is 0.402 e. The summed E-state index contributed by atoms with van der Waals surface area (Å²) in [6.07, 6.45) is 1.25. The number of hydrogen-bond donors (Lipinski definition) is 0. The number of nitro benzene ring substituents is 1. The Hall–Kier alpha value is -4.38. The zero-order valence-electron chi connectivity index (χ0n) is 16.5. The van der Waals surface area contributed by atoms with Crippen LogP contribution in [0.15, 0.2) is 88.4 Å². The lowest BCUT2D eigenvalue weighted by Gasteiger charge is -2.09. The molecule has 0 aromatic heterocycles. The summed E-state index contributed by atoms with van der Waals surface area (Å²) in [5.74, 6) is -1.49. The third-order valence-corrected chi connectivity index (χ3v) is 5.74. The number of benzene rings is 3. The molecule has 11 heteroatoms. The molecule has 9 nitrogen and oxygen atoms in total. The van der Waals surface area contributed by atoms with Gasteiger partial charge in [0.15, 0.2) is 10.6 Å². The van der Waals surface area contributed by atoms with E-state index < -0.39 is 37.4 Å². The fourth-order valence-corrected chi connectivity index (χ4v) is 4.05. The lowest BCUT2D eigenvalue weighted by Crippen LogP contribution is -2.12. The van der Waals surface area contributed by atoms with E-state index in [2.05, 4.69) is 4.99 Å². The van der Waals surface area contributed by atoms with Crippen molar-refractivity contribution in [2.24, 2.45) is 4.99 Å². The van der Waals surface area contributed by atoms with Crippen LogP contribution in [-0.2, 0) is 19.6 Å². The van der Waals surface area contributed by atoms with Crippen molar-refractivity contribution >= 4 is 33.7 Å². The number of hydrogen-bond acceptors (Lipinski definition) is 8. The van der Waals surface area contributed by atoms with E-state index in [1.165, 1.54) is 60.7 Å². The Labute approximate surface area is 186 Å². The van der Waals surface area contributed by atoms with Crippen molar-refractivity contribution in [3.05, 3.63) is 106 Å². The Morgan fingerprint density at radius 3 is 2.39 bits per heavy atom. The van der Waals surface area contributed by atoms with Crippen molar-refractivity contribution in [1.82, 2.24) is 0 Å². The third-order valence-electron chi connectivity index (χ3n) is 4.45. The fraction of sp³-hybridized carbons (Fsp3) is 0. The Kier molecular flexibility index (Phi) is 5.71. The first-order chi connectivity index (χ1) is 15.7. The fourth-order valence-electron chi connectivity index (χ4n) is 2.93. The second kappa shape index (κ2) is 8.63. The van der Waals surface area contributed by atoms with Gasteiger partial charge in [0.2, 0.25) is 5.90 Å². The first-order valence-corrected chi connectivity index (χ1v) is 10.7. The van der Waals surface area contributed by atoms with Gasteiger partial charge in [0.05, 0.1) is 4.92 Å². The Balaban J connectivity index is 1.69. The summed E-state index contributed by atoms with van der Waals surface area (Å²) in [4.78, 5) is 26.1. The highest BCUT2D eigenvalue weighted by Crippen LogP contribution is 2.30. The summed E-state index contributed by atoms with van der Waals surface area (Å²) >= 11 is 0. The van der Waals surface area contributed by atoms with E-state index in [9.17, 15) is 27.7 Å². The zero-order valence-corrected chi connectivity index (χ0v) is 17.4. The van der Waals surface area contributed by atoms with Crippen molar-refractivity contribution in [1.29, 1.82) is 0 Å². The number of cyclic esters (lactones) is 1. The molecule has 0 fully saturated rings. The molecule has 0 saturated carbocycles. The van der Waals surface area contributed by atoms with Gasteiger partial charge in [-0.15, -0.1) is 0 Å². The summed E-state index contributed by atoms with van der Waals surface area (Å²) in [5.41, 5.74) is -0.248. The van der Waals surface area contributed by atoms with E-state index in [0.29, 0.717) is 5.56 Å². The van der Waals surface area contributed by atoms with Gasteiger partial charge in [0.25, 0.3) is 5.69 Å². The van der Waals surface area contributed by atoms with E-state index in [1.54, 1.807) is 6.07 Å². The van der Waals surface area contributed by atoms with Crippen molar-refractivity contribution in [3.8, 4) is 5.75 Å². The van der Waals surface area contributed by atoms with Crippen LogP contribution in [0, 0.1) is 15.9 Å². The second-order valence-corrected chi connectivity index (χ2v) is 8.16. The van der Waals surface area contributed by atoms with Crippen LogP contribution in [0.25, 0.3) is 6.08 Å². The molecule has 0 aliphatic carbocycles. The number of esters is 1. The lowest BCUT2D eigenvalue weighted by molar-refractivity contribution is -0.387. The van der Waals surface area contributed by atoms with Crippen LogP contribution >= 0.6 is 0 Å². The van der Waals surface area contributed by atoms with Gasteiger partial charge in [-0.1, -0.05) is 30.3 Å². The van der Waals surface area contributed by atoms with Gasteiger partial charge in [-0.2, -0.15) is 8.42 Å². The van der Waals surface area contributed by atoms with E-state index in [-0.39, 0.29) is 22.9 Å². The number of aliphatic imine (C=N–C) groups is 1. The molecule has 4 rings (SSSR count). The number of ether oxygens (including phenoxy) is 1. The molecule has 0 bridgehead atoms. The Morgan fingerprint density at radius 1 is 1.00 bits per heavy atom. The minimum atomic E-state index is -4.57. The van der Waals surface area contributed by atoms with Crippen LogP contribution in [-0.4, -0.2) is 25.2 Å². The van der Waals surface area contributed by atoms with Gasteiger partial charge in [-0.05, 0) is 42.5 Å². The third kappa shape index (κ3) is 4.62. The summed E-state index contributed by atoms with van der Waals surface area (Å²) in [7, 11) is -4.57. The van der Waals surface area contributed by atoms with E-state index in [0.717, 1.165) is 12.1 Å². The number of nitrogens with zero attached hydrogens (tertiary/aromatic N) is 2. The quantitative estimate of drug-likeness (QED) is 0.177. The van der Waals surface area contributed by atoms with E-state index in [4.69, 9.17) is 8.92 Å². The summed E-state index contributed by atoms with van der Waals surface area (Å²) in [6, 6.07) is 15.8. The van der Waals surface area contributed by atoms with Gasteiger partial charge in [-0.25, -0.2) is 14.2 Å². The van der Waals surface area contributed by atoms with Crippen molar-refractivity contribution < 1.29 is 31.4 Å². The van der Waals surface area contributed by atoms with Crippen LogP contribution in [0.4, 0.5) is 10.1 Å². The highest BCUT2D eigenvalue weighted by molar-refractivity contribution is 7.87. The number of carbonyl (C=O) groups excluding carboxylic acids is 1. The zero-order chi connectivity index (χ0) is 23.6. The maximum Gasteiger partial charge on any atom is 0.363 e. The molecule has 0 atom stereocenters. The van der Waals surface area contributed by atoms with Gasteiger partial charge in [0.1, 0.15) is 11.6 Å². The standard InChI is InChI=1S/C22H13FN2O7S/c23-16-11-9-14(10-12-16)21-24-17(22(26)31-21)13-15-5-1-3-7-19(15)32-33(29,30)20-8-4-2-6-18(20)25(27)28/h1-13H/b17-13+. The molecule has 1 aliphatic heterocycles. The predicted octanol–water partition coefficient (Wildman–Crippen LogP) is 3.85. The predicted molar refractivity (Wildman–Crippen MR) is 114 cm³/mol. The number of para-hydroxylation sites is 2. The number of rotatable bonds is 6. The average molecular weight is 468 g/mol. The molecule has 1 aliphatic rings. The molecule has 166 valence electrons. The molecular weight excluding hydrogens is 455 g/mol. The Bertz CT molecular complexity index is 1430. The molecule has 0 unspecified atom stereocenters.